The summed E-state index contributed by atoms with van der Waals surface area (Å²) in [5, 5.41) is 5.51. The molecule has 2 aliphatic rings. The van der Waals surface area contributed by atoms with Gasteiger partial charge in [0.25, 0.3) is 0 Å². The summed E-state index contributed by atoms with van der Waals surface area (Å²) < 4.78 is 0. The van der Waals surface area contributed by atoms with Gasteiger partial charge in [-0.15, -0.1) is 11.3 Å². The number of hydrogen-bond acceptors (Lipinski definition) is 4. The summed E-state index contributed by atoms with van der Waals surface area (Å²) >= 11 is 1.82. The van der Waals surface area contributed by atoms with Crippen LogP contribution in [0.2, 0.25) is 0 Å². The van der Waals surface area contributed by atoms with Gasteiger partial charge in [0.1, 0.15) is 0 Å². The molecular weight excluding hydrogens is 282 g/mol. The third-order valence-corrected chi connectivity index (χ3v) is 5.73. The van der Waals surface area contributed by atoms with E-state index in [0.29, 0.717) is 6.54 Å². The summed E-state index contributed by atoms with van der Waals surface area (Å²) in [6, 6.07) is 2.16. The molecule has 1 aromatic heterocycles. The van der Waals surface area contributed by atoms with Crippen molar-refractivity contribution in [1.29, 1.82) is 0 Å². The van der Waals surface area contributed by atoms with Crippen LogP contribution < -0.4 is 5.32 Å². The molecule has 2 aliphatic heterocycles. The van der Waals surface area contributed by atoms with Gasteiger partial charge >= 0.3 is 0 Å². The molecule has 1 saturated heterocycles. The van der Waals surface area contributed by atoms with Crippen LogP contribution in [0.4, 0.5) is 0 Å². The standard InChI is InChI=1S/C16H25N3OS/c1-18-6-2-13(3-7-18)10-17-11-16(20)19-8-4-15-14(12-19)5-9-21-15/h5,9,13,17H,2-4,6-8,10-12H2,1H3. The highest BCUT2D eigenvalue weighted by atomic mass is 32.1. The summed E-state index contributed by atoms with van der Waals surface area (Å²) in [4.78, 5) is 18.1. The van der Waals surface area contributed by atoms with E-state index in [0.717, 1.165) is 32.0 Å². The maximum atomic E-state index is 12.3. The van der Waals surface area contributed by atoms with Crippen molar-refractivity contribution in [3.63, 3.8) is 0 Å². The summed E-state index contributed by atoms with van der Waals surface area (Å²) in [7, 11) is 2.18. The molecule has 5 heteroatoms. The zero-order valence-corrected chi connectivity index (χ0v) is 13.6. The number of rotatable bonds is 4. The lowest BCUT2D eigenvalue weighted by atomic mass is 9.97. The van der Waals surface area contributed by atoms with Crippen LogP contribution in [0.1, 0.15) is 23.3 Å². The average molecular weight is 307 g/mol. The highest BCUT2D eigenvalue weighted by Crippen LogP contribution is 2.23. The number of carbonyl (C=O) groups is 1. The Bertz CT molecular complexity index is 480. The molecule has 0 aromatic carbocycles. The topological polar surface area (TPSA) is 35.6 Å². The molecule has 1 fully saturated rings. The summed E-state index contributed by atoms with van der Waals surface area (Å²) in [6.07, 6.45) is 3.52. The lowest BCUT2D eigenvalue weighted by molar-refractivity contribution is -0.131. The highest BCUT2D eigenvalue weighted by molar-refractivity contribution is 7.10. The molecule has 1 N–H and O–H groups in total. The van der Waals surface area contributed by atoms with Gasteiger partial charge in [0.2, 0.25) is 5.91 Å². The maximum Gasteiger partial charge on any atom is 0.236 e. The van der Waals surface area contributed by atoms with Crippen molar-refractivity contribution in [2.45, 2.75) is 25.8 Å². The number of nitrogens with zero attached hydrogens (tertiary/aromatic N) is 2. The van der Waals surface area contributed by atoms with Crippen molar-refractivity contribution in [3.8, 4) is 0 Å². The molecule has 1 amide bonds. The third kappa shape index (κ3) is 3.84. The van der Waals surface area contributed by atoms with Gasteiger partial charge in [-0.25, -0.2) is 0 Å². The number of likely N-dealkylation sites (tertiary alicyclic amines) is 1. The van der Waals surface area contributed by atoms with Crippen molar-refractivity contribution < 1.29 is 4.79 Å². The summed E-state index contributed by atoms with van der Waals surface area (Å²) in [5.74, 6) is 0.985. The van der Waals surface area contributed by atoms with Crippen molar-refractivity contribution in [2.24, 2.45) is 5.92 Å². The fourth-order valence-corrected chi connectivity index (χ4v) is 4.11. The first-order valence-electron chi connectivity index (χ1n) is 7.94. The monoisotopic (exact) mass is 307 g/mol. The molecule has 21 heavy (non-hydrogen) atoms. The number of nitrogens with one attached hydrogen (secondary N) is 1. The van der Waals surface area contributed by atoms with Crippen molar-refractivity contribution in [2.75, 3.05) is 39.8 Å². The summed E-state index contributed by atoms with van der Waals surface area (Å²) in [6.45, 7) is 5.53. The first kappa shape index (κ1) is 15.0. The molecule has 3 rings (SSSR count). The smallest absolute Gasteiger partial charge is 0.236 e. The van der Waals surface area contributed by atoms with E-state index < -0.39 is 0 Å². The number of thiophene rings is 1. The normalized spacial score (nSPS) is 20.5. The minimum absolute atomic E-state index is 0.250. The molecule has 0 saturated carbocycles. The second-order valence-corrected chi connectivity index (χ2v) is 7.31. The predicted octanol–water partition coefficient (Wildman–Crippen LogP) is 1.56. The Morgan fingerprint density at radius 3 is 3.00 bits per heavy atom. The van der Waals surface area contributed by atoms with E-state index in [1.165, 1.54) is 36.4 Å². The van der Waals surface area contributed by atoms with E-state index >= 15 is 0 Å². The van der Waals surface area contributed by atoms with Crippen molar-refractivity contribution >= 4 is 17.2 Å². The minimum Gasteiger partial charge on any atom is -0.337 e. The SMILES string of the molecule is CN1CCC(CNCC(=O)N2CCc3sccc3C2)CC1. The molecular formula is C16H25N3OS. The average Bonchev–Trinajstić information content (AvgIpc) is 2.96. The third-order valence-electron chi connectivity index (χ3n) is 4.71. The van der Waals surface area contributed by atoms with E-state index in [1.807, 2.05) is 16.2 Å². The van der Waals surface area contributed by atoms with Gasteiger partial charge in [0, 0.05) is 18.0 Å². The highest BCUT2D eigenvalue weighted by Gasteiger charge is 2.22. The molecule has 0 aliphatic carbocycles. The van der Waals surface area contributed by atoms with E-state index in [1.54, 1.807) is 0 Å². The predicted molar refractivity (Wildman–Crippen MR) is 86.5 cm³/mol. The van der Waals surface area contributed by atoms with E-state index in [2.05, 4.69) is 28.7 Å². The number of piperidine rings is 1. The number of carbonyl (C=O) groups excluding carboxylic acids is 1. The van der Waals surface area contributed by atoms with Gasteiger partial charge in [0.05, 0.1) is 6.54 Å². The number of amides is 1. The lowest BCUT2D eigenvalue weighted by Gasteiger charge is -2.30. The van der Waals surface area contributed by atoms with Crippen LogP contribution in [-0.2, 0) is 17.8 Å². The van der Waals surface area contributed by atoms with Crippen LogP contribution in [0.3, 0.4) is 0 Å². The van der Waals surface area contributed by atoms with Crippen molar-refractivity contribution in [1.82, 2.24) is 15.1 Å². The lowest BCUT2D eigenvalue weighted by Crippen LogP contribution is -2.42. The second kappa shape index (κ2) is 6.90. The Balaban J connectivity index is 1.39. The zero-order chi connectivity index (χ0) is 14.7. The number of hydrogen-bond donors (Lipinski definition) is 1. The Kier molecular flexibility index (Phi) is 4.93. The van der Waals surface area contributed by atoms with Crippen molar-refractivity contribution in [3.05, 3.63) is 21.9 Å². The van der Waals surface area contributed by atoms with E-state index in [4.69, 9.17) is 0 Å². The van der Waals surface area contributed by atoms with Gasteiger partial charge in [-0.05, 0) is 68.9 Å². The van der Waals surface area contributed by atoms with E-state index in [-0.39, 0.29) is 5.91 Å². The first-order valence-corrected chi connectivity index (χ1v) is 8.82. The Hall–Kier alpha value is -0.910. The Morgan fingerprint density at radius 1 is 1.38 bits per heavy atom. The van der Waals surface area contributed by atoms with Crippen LogP contribution >= 0.6 is 11.3 Å². The van der Waals surface area contributed by atoms with Gasteiger partial charge in [0.15, 0.2) is 0 Å². The maximum absolute atomic E-state index is 12.3. The molecule has 1 aromatic rings. The molecule has 0 bridgehead atoms. The van der Waals surface area contributed by atoms with E-state index in [9.17, 15) is 4.79 Å². The summed E-state index contributed by atoms with van der Waals surface area (Å²) in [5.41, 5.74) is 1.34. The molecule has 0 spiro atoms. The largest absolute Gasteiger partial charge is 0.337 e. The van der Waals surface area contributed by atoms with Crippen LogP contribution in [0, 0.1) is 5.92 Å². The van der Waals surface area contributed by atoms with Gasteiger partial charge in [-0.2, -0.15) is 0 Å². The fraction of sp³-hybridized carbons (Fsp3) is 0.688. The molecule has 0 atom stereocenters. The molecule has 0 radical (unpaired) electrons. The Labute approximate surface area is 131 Å². The van der Waals surface area contributed by atoms with Crippen LogP contribution in [0.5, 0.6) is 0 Å². The van der Waals surface area contributed by atoms with Gasteiger partial charge in [-0.3, -0.25) is 4.79 Å². The first-order chi connectivity index (χ1) is 10.2. The second-order valence-electron chi connectivity index (χ2n) is 6.31. The zero-order valence-electron chi connectivity index (χ0n) is 12.8. The van der Waals surface area contributed by atoms with Gasteiger partial charge < -0.3 is 15.1 Å². The van der Waals surface area contributed by atoms with Crippen LogP contribution in [0.15, 0.2) is 11.4 Å². The molecule has 3 heterocycles. The fourth-order valence-electron chi connectivity index (χ4n) is 3.22. The molecule has 116 valence electrons. The van der Waals surface area contributed by atoms with Crippen LogP contribution in [-0.4, -0.2) is 55.5 Å². The quantitative estimate of drug-likeness (QED) is 0.917. The minimum atomic E-state index is 0.250. The number of fused-ring (bicyclic) bond motifs is 1. The Morgan fingerprint density at radius 2 is 2.19 bits per heavy atom. The molecule has 4 nitrogen and oxygen atoms in total. The van der Waals surface area contributed by atoms with Crippen LogP contribution in [0.25, 0.3) is 0 Å². The molecule has 0 unspecified atom stereocenters. The van der Waals surface area contributed by atoms with Gasteiger partial charge in [-0.1, -0.05) is 0 Å².